The van der Waals surface area contributed by atoms with Crippen molar-refractivity contribution in [2.24, 2.45) is 0 Å². The van der Waals surface area contributed by atoms with Crippen LogP contribution in [0.1, 0.15) is 46.0 Å². The third-order valence-electron chi connectivity index (χ3n) is 2.35. The molecule has 0 saturated carbocycles. The van der Waals surface area contributed by atoms with E-state index in [0.717, 1.165) is 25.7 Å². The molecule has 4 nitrogen and oxygen atoms in total. The highest BCUT2D eigenvalue weighted by atomic mass is 16.3. The molecule has 0 aliphatic carbocycles. The van der Waals surface area contributed by atoms with Gasteiger partial charge in [-0.1, -0.05) is 45.3 Å². The number of allylic oxidation sites excluding steroid dienone is 2. The van der Waals surface area contributed by atoms with Crippen molar-refractivity contribution in [2.75, 3.05) is 0 Å². The number of hydrogen-bond acceptors (Lipinski definition) is 4. The summed E-state index contributed by atoms with van der Waals surface area (Å²) in [7, 11) is 0. The first-order valence-corrected chi connectivity index (χ1v) is 6.72. The van der Waals surface area contributed by atoms with Crippen molar-refractivity contribution in [3.63, 3.8) is 0 Å². The van der Waals surface area contributed by atoms with Crippen molar-refractivity contribution in [2.45, 2.75) is 58.2 Å². The van der Waals surface area contributed by atoms with Crippen molar-refractivity contribution in [3.05, 3.63) is 24.3 Å². The standard InChI is InChI=1S/C9H16O2.C6H10O2/c1-2-3-4-6-9(11)7-5-8-10;1-2-6(8)4-3-5-7/h5,7-9,11H,2-4,6H2,1H3;3-6,8H,2H2,1H3. The van der Waals surface area contributed by atoms with Gasteiger partial charge in [-0.15, -0.1) is 0 Å². The average molecular weight is 270 g/mol. The van der Waals surface area contributed by atoms with E-state index >= 15 is 0 Å². The Kier molecular flexibility index (Phi) is 17.7. The van der Waals surface area contributed by atoms with Crippen molar-refractivity contribution >= 4 is 12.6 Å². The molecule has 0 radical (unpaired) electrons. The highest BCUT2D eigenvalue weighted by molar-refractivity contribution is 5.64. The maximum Gasteiger partial charge on any atom is 0.142 e. The summed E-state index contributed by atoms with van der Waals surface area (Å²) in [6, 6.07) is 0. The zero-order valence-electron chi connectivity index (χ0n) is 11.9. The fraction of sp³-hybridized carbons (Fsp3) is 0.600. The average Bonchev–Trinajstić information content (AvgIpc) is 2.43. The van der Waals surface area contributed by atoms with Gasteiger partial charge in [-0.2, -0.15) is 0 Å². The van der Waals surface area contributed by atoms with Crippen LogP contribution in [0.3, 0.4) is 0 Å². The van der Waals surface area contributed by atoms with E-state index in [1.807, 2.05) is 6.92 Å². The first-order valence-electron chi connectivity index (χ1n) is 6.72. The molecule has 4 heteroatoms. The molecule has 0 saturated heterocycles. The molecule has 0 rings (SSSR count). The van der Waals surface area contributed by atoms with Gasteiger partial charge in [0.1, 0.15) is 12.6 Å². The molecule has 0 aromatic heterocycles. The van der Waals surface area contributed by atoms with Crippen LogP contribution in [0.4, 0.5) is 0 Å². The molecule has 110 valence electrons. The molecule has 0 aliphatic heterocycles. The molecule has 0 heterocycles. The molecule has 2 N–H and O–H groups in total. The molecule has 0 fully saturated rings. The predicted octanol–water partition coefficient (Wildman–Crippen LogP) is 2.20. The molecule has 0 aliphatic rings. The van der Waals surface area contributed by atoms with Gasteiger partial charge in [0.05, 0.1) is 12.2 Å². The van der Waals surface area contributed by atoms with Crippen LogP contribution >= 0.6 is 0 Å². The lowest BCUT2D eigenvalue weighted by Gasteiger charge is -2.02. The highest BCUT2D eigenvalue weighted by Gasteiger charge is 1.96. The second kappa shape index (κ2) is 16.7. The molecular weight excluding hydrogens is 244 g/mol. The molecule has 0 bridgehead atoms. The fourth-order valence-electron chi connectivity index (χ4n) is 1.18. The van der Waals surface area contributed by atoms with E-state index in [1.165, 1.54) is 24.3 Å². The maximum absolute atomic E-state index is 9.84. The summed E-state index contributed by atoms with van der Waals surface area (Å²) in [6.45, 7) is 3.97. The van der Waals surface area contributed by atoms with E-state index in [-0.39, 0.29) is 0 Å². The summed E-state index contributed by atoms with van der Waals surface area (Å²) in [4.78, 5) is 19.5. The van der Waals surface area contributed by atoms with Crippen LogP contribution in [0.15, 0.2) is 24.3 Å². The van der Waals surface area contributed by atoms with E-state index in [9.17, 15) is 9.59 Å². The molecule has 2 unspecified atom stereocenters. The van der Waals surface area contributed by atoms with Gasteiger partial charge in [-0.3, -0.25) is 9.59 Å². The second-order valence-corrected chi connectivity index (χ2v) is 4.08. The van der Waals surface area contributed by atoms with Crippen LogP contribution < -0.4 is 0 Å². The molecular formula is C15H26O4. The highest BCUT2D eigenvalue weighted by Crippen LogP contribution is 2.03. The zero-order valence-corrected chi connectivity index (χ0v) is 11.9. The summed E-state index contributed by atoms with van der Waals surface area (Å²) < 4.78 is 0. The smallest absolute Gasteiger partial charge is 0.142 e. The molecule has 0 aromatic rings. The summed E-state index contributed by atoms with van der Waals surface area (Å²) in [6.07, 6.45) is 10.8. The van der Waals surface area contributed by atoms with E-state index in [0.29, 0.717) is 19.0 Å². The summed E-state index contributed by atoms with van der Waals surface area (Å²) >= 11 is 0. The van der Waals surface area contributed by atoms with Crippen molar-refractivity contribution < 1.29 is 19.8 Å². The van der Waals surface area contributed by atoms with Crippen molar-refractivity contribution in [3.8, 4) is 0 Å². The van der Waals surface area contributed by atoms with Crippen LogP contribution in [-0.2, 0) is 9.59 Å². The lowest BCUT2D eigenvalue weighted by atomic mass is 10.1. The SMILES string of the molecule is CCC(O)C=CC=O.CCCCCC(O)C=CC=O. The summed E-state index contributed by atoms with van der Waals surface area (Å²) in [5, 5.41) is 17.9. The Morgan fingerprint density at radius 3 is 1.84 bits per heavy atom. The number of rotatable bonds is 9. The number of carbonyl (C=O) groups is 2. The van der Waals surface area contributed by atoms with Crippen LogP contribution in [0, 0.1) is 0 Å². The number of carbonyl (C=O) groups excluding carboxylic acids is 2. The Balaban J connectivity index is 0. The topological polar surface area (TPSA) is 74.6 Å². The van der Waals surface area contributed by atoms with Gasteiger partial charge < -0.3 is 10.2 Å². The number of aliphatic hydroxyl groups excluding tert-OH is 2. The number of aliphatic hydroxyl groups is 2. The van der Waals surface area contributed by atoms with Crippen LogP contribution in [0.5, 0.6) is 0 Å². The van der Waals surface area contributed by atoms with Gasteiger partial charge in [0.25, 0.3) is 0 Å². The lowest BCUT2D eigenvalue weighted by molar-refractivity contribution is -0.104. The molecule has 2 atom stereocenters. The lowest BCUT2D eigenvalue weighted by Crippen LogP contribution is -2.01. The van der Waals surface area contributed by atoms with Crippen molar-refractivity contribution in [1.82, 2.24) is 0 Å². The molecule has 0 aromatic carbocycles. The first kappa shape index (κ1) is 20.1. The normalized spacial score (nSPS) is 13.9. The summed E-state index contributed by atoms with van der Waals surface area (Å²) in [5.41, 5.74) is 0. The van der Waals surface area contributed by atoms with Crippen LogP contribution in [-0.4, -0.2) is 35.0 Å². The molecule has 0 amide bonds. The fourth-order valence-corrected chi connectivity index (χ4v) is 1.18. The monoisotopic (exact) mass is 270 g/mol. The Hall–Kier alpha value is -1.26. The Morgan fingerprint density at radius 2 is 1.42 bits per heavy atom. The third kappa shape index (κ3) is 19.3. The van der Waals surface area contributed by atoms with Gasteiger partial charge in [0.2, 0.25) is 0 Å². The maximum atomic E-state index is 9.84. The predicted molar refractivity (Wildman–Crippen MR) is 76.9 cm³/mol. The van der Waals surface area contributed by atoms with E-state index < -0.39 is 12.2 Å². The Morgan fingerprint density at radius 1 is 0.895 bits per heavy atom. The second-order valence-electron chi connectivity index (χ2n) is 4.08. The third-order valence-corrected chi connectivity index (χ3v) is 2.35. The van der Waals surface area contributed by atoms with Gasteiger partial charge >= 0.3 is 0 Å². The summed E-state index contributed by atoms with van der Waals surface area (Å²) in [5.74, 6) is 0. The first-order chi connectivity index (χ1) is 9.12. The number of aldehydes is 2. The van der Waals surface area contributed by atoms with E-state index in [1.54, 1.807) is 0 Å². The molecule has 0 spiro atoms. The van der Waals surface area contributed by atoms with Crippen molar-refractivity contribution in [1.29, 1.82) is 0 Å². The van der Waals surface area contributed by atoms with Gasteiger partial charge in [-0.25, -0.2) is 0 Å². The van der Waals surface area contributed by atoms with E-state index in [2.05, 4.69) is 6.92 Å². The number of hydrogen-bond donors (Lipinski definition) is 2. The molecule has 19 heavy (non-hydrogen) atoms. The minimum atomic E-state index is -0.458. The largest absolute Gasteiger partial charge is 0.389 e. The Bertz CT molecular complexity index is 259. The zero-order chi connectivity index (χ0) is 14.9. The van der Waals surface area contributed by atoms with Gasteiger partial charge in [-0.05, 0) is 25.0 Å². The Labute approximate surface area is 115 Å². The van der Waals surface area contributed by atoms with Crippen LogP contribution in [0.25, 0.3) is 0 Å². The number of unbranched alkanes of at least 4 members (excludes halogenated alkanes) is 2. The van der Waals surface area contributed by atoms with E-state index in [4.69, 9.17) is 10.2 Å². The minimum Gasteiger partial charge on any atom is -0.389 e. The quantitative estimate of drug-likeness (QED) is 0.382. The van der Waals surface area contributed by atoms with Gasteiger partial charge in [0, 0.05) is 0 Å². The minimum absolute atomic E-state index is 0.438. The van der Waals surface area contributed by atoms with Crippen LogP contribution in [0.2, 0.25) is 0 Å². The van der Waals surface area contributed by atoms with Gasteiger partial charge in [0.15, 0.2) is 0 Å².